The maximum atomic E-state index is 11.4. The molecule has 2 aromatic heterocycles. The molecule has 0 saturated heterocycles. The van der Waals surface area contributed by atoms with Crippen LogP contribution >= 0.6 is 11.8 Å². The highest BCUT2D eigenvalue weighted by Crippen LogP contribution is 2.15. The van der Waals surface area contributed by atoms with Gasteiger partial charge in [-0.2, -0.15) is 4.98 Å². The molecule has 0 atom stereocenters. The van der Waals surface area contributed by atoms with Gasteiger partial charge in [0.15, 0.2) is 16.3 Å². The number of thioether (sulfide) groups is 1. The second kappa shape index (κ2) is 3.85. The van der Waals surface area contributed by atoms with E-state index in [4.69, 9.17) is 10.8 Å². The van der Waals surface area contributed by atoms with Crippen LogP contribution in [0.4, 0.5) is 5.95 Å². The molecule has 2 aromatic rings. The normalized spacial score (nSPS) is 10.8. The summed E-state index contributed by atoms with van der Waals surface area (Å²) in [6.45, 7) is 0. The Labute approximate surface area is 92.3 Å². The van der Waals surface area contributed by atoms with E-state index in [1.807, 2.05) is 0 Å². The molecule has 0 fully saturated rings. The number of imidazole rings is 1. The van der Waals surface area contributed by atoms with Crippen LogP contribution in [-0.2, 0) is 4.79 Å². The van der Waals surface area contributed by atoms with Gasteiger partial charge >= 0.3 is 5.97 Å². The van der Waals surface area contributed by atoms with Crippen LogP contribution in [0, 0.1) is 0 Å². The van der Waals surface area contributed by atoms with E-state index in [-0.39, 0.29) is 22.9 Å². The molecule has 0 spiro atoms. The molecule has 0 unspecified atom stereocenters. The van der Waals surface area contributed by atoms with Gasteiger partial charge in [-0.15, -0.1) is 0 Å². The summed E-state index contributed by atoms with van der Waals surface area (Å²) in [5.41, 5.74) is 5.26. The third-order valence-electron chi connectivity index (χ3n) is 1.69. The van der Waals surface area contributed by atoms with E-state index in [9.17, 15) is 9.59 Å². The van der Waals surface area contributed by atoms with Crippen molar-refractivity contribution in [3.8, 4) is 0 Å². The van der Waals surface area contributed by atoms with Crippen molar-refractivity contribution in [2.45, 2.75) is 5.16 Å². The number of carboxylic acids is 1. The Balaban J connectivity index is 2.40. The molecule has 0 aliphatic rings. The summed E-state index contributed by atoms with van der Waals surface area (Å²) in [6, 6.07) is 0. The minimum Gasteiger partial charge on any atom is -0.481 e. The van der Waals surface area contributed by atoms with Crippen molar-refractivity contribution >= 4 is 34.8 Å². The number of H-pyrrole nitrogens is 2. The number of nitrogens with zero attached hydrogens (tertiary/aromatic N) is 2. The SMILES string of the molecule is Nc1nc2nc(SCC(=O)O)[nH]c2c(=O)[nH]1. The molecule has 0 aromatic carbocycles. The van der Waals surface area contributed by atoms with E-state index in [1.165, 1.54) is 0 Å². The van der Waals surface area contributed by atoms with Gasteiger partial charge in [0, 0.05) is 0 Å². The number of rotatable bonds is 3. The number of hydrogen-bond acceptors (Lipinski definition) is 6. The van der Waals surface area contributed by atoms with Crippen molar-refractivity contribution < 1.29 is 9.90 Å². The minimum absolute atomic E-state index is 0.0289. The summed E-state index contributed by atoms with van der Waals surface area (Å²) < 4.78 is 0. The highest BCUT2D eigenvalue weighted by Gasteiger charge is 2.10. The molecule has 16 heavy (non-hydrogen) atoms. The molecule has 9 heteroatoms. The zero-order valence-corrected chi connectivity index (χ0v) is 8.67. The molecule has 8 nitrogen and oxygen atoms in total. The number of nitrogens with two attached hydrogens (primary N) is 1. The average molecular weight is 241 g/mol. The number of fused-ring (bicyclic) bond motifs is 1. The highest BCUT2D eigenvalue weighted by molar-refractivity contribution is 7.99. The van der Waals surface area contributed by atoms with Gasteiger partial charge in [0.2, 0.25) is 5.95 Å². The van der Waals surface area contributed by atoms with E-state index >= 15 is 0 Å². The van der Waals surface area contributed by atoms with Crippen molar-refractivity contribution in [2.75, 3.05) is 11.5 Å². The molecule has 0 aliphatic carbocycles. The average Bonchev–Trinajstić information content (AvgIpc) is 2.57. The molecular weight excluding hydrogens is 234 g/mol. The van der Waals surface area contributed by atoms with Gasteiger partial charge in [-0.3, -0.25) is 14.6 Å². The van der Waals surface area contributed by atoms with Crippen molar-refractivity contribution in [1.29, 1.82) is 0 Å². The molecule has 5 N–H and O–H groups in total. The summed E-state index contributed by atoms with van der Waals surface area (Å²) in [7, 11) is 0. The van der Waals surface area contributed by atoms with E-state index in [0.717, 1.165) is 11.8 Å². The Morgan fingerprint density at radius 2 is 2.19 bits per heavy atom. The topological polar surface area (TPSA) is 138 Å². The molecule has 0 radical (unpaired) electrons. The van der Waals surface area contributed by atoms with Crippen LogP contribution in [-0.4, -0.2) is 36.8 Å². The molecule has 0 bridgehead atoms. The second-order valence-corrected chi connectivity index (χ2v) is 3.84. The van der Waals surface area contributed by atoms with E-state index < -0.39 is 11.5 Å². The smallest absolute Gasteiger partial charge is 0.313 e. The fraction of sp³-hybridized carbons (Fsp3) is 0.143. The first-order chi connectivity index (χ1) is 7.56. The van der Waals surface area contributed by atoms with Gasteiger partial charge in [-0.1, -0.05) is 11.8 Å². The summed E-state index contributed by atoms with van der Waals surface area (Å²) >= 11 is 0.969. The van der Waals surface area contributed by atoms with Crippen LogP contribution in [0.5, 0.6) is 0 Å². The minimum atomic E-state index is -0.966. The van der Waals surface area contributed by atoms with Gasteiger partial charge in [0.25, 0.3) is 5.56 Å². The Morgan fingerprint density at radius 1 is 1.44 bits per heavy atom. The van der Waals surface area contributed by atoms with E-state index in [0.29, 0.717) is 5.16 Å². The van der Waals surface area contributed by atoms with Gasteiger partial charge < -0.3 is 15.8 Å². The summed E-state index contributed by atoms with van der Waals surface area (Å²) in [5.74, 6) is -1.14. The summed E-state index contributed by atoms with van der Waals surface area (Å²) in [6.07, 6.45) is 0. The first-order valence-corrected chi connectivity index (χ1v) is 5.15. The lowest BCUT2D eigenvalue weighted by atomic mass is 10.5. The number of nitrogens with one attached hydrogen (secondary N) is 2. The fourth-order valence-electron chi connectivity index (χ4n) is 1.10. The predicted molar refractivity (Wildman–Crippen MR) is 57.3 cm³/mol. The van der Waals surface area contributed by atoms with Crippen molar-refractivity contribution in [3.63, 3.8) is 0 Å². The molecule has 0 aliphatic heterocycles. The highest BCUT2D eigenvalue weighted by atomic mass is 32.2. The van der Waals surface area contributed by atoms with Gasteiger partial charge in [-0.25, -0.2) is 4.98 Å². The number of hydrogen-bond donors (Lipinski definition) is 4. The van der Waals surface area contributed by atoms with E-state index in [1.54, 1.807) is 0 Å². The van der Waals surface area contributed by atoms with Crippen LogP contribution in [0.15, 0.2) is 9.95 Å². The maximum absolute atomic E-state index is 11.4. The lowest BCUT2D eigenvalue weighted by Gasteiger charge is -1.89. The van der Waals surface area contributed by atoms with Crippen LogP contribution < -0.4 is 11.3 Å². The Morgan fingerprint density at radius 3 is 2.88 bits per heavy atom. The van der Waals surface area contributed by atoms with Crippen molar-refractivity contribution in [1.82, 2.24) is 19.9 Å². The standard InChI is InChI=1S/C7H7N5O3S/c8-6-10-4-3(5(15)12-6)9-7(11-4)16-1-2(13)14/h1H2,(H,13,14)(H4,8,9,10,11,12,15). The number of aromatic amines is 2. The Bertz CT molecular complexity index is 604. The Hall–Kier alpha value is -2.03. The number of aliphatic carboxylic acids is 1. The molecule has 2 rings (SSSR count). The van der Waals surface area contributed by atoms with E-state index in [2.05, 4.69) is 19.9 Å². The zero-order chi connectivity index (χ0) is 11.7. The first-order valence-electron chi connectivity index (χ1n) is 4.16. The molecule has 2 heterocycles. The zero-order valence-electron chi connectivity index (χ0n) is 7.85. The first kappa shape index (κ1) is 10.5. The maximum Gasteiger partial charge on any atom is 0.313 e. The van der Waals surface area contributed by atoms with Crippen LogP contribution in [0.3, 0.4) is 0 Å². The third kappa shape index (κ3) is 1.98. The summed E-state index contributed by atoms with van der Waals surface area (Å²) in [4.78, 5) is 34.4. The number of nitrogen functional groups attached to an aromatic ring is 1. The van der Waals surface area contributed by atoms with Crippen LogP contribution in [0.25, 0.3) is 11.2 Å². The molecule has 84 valence electrons. The lowest BCUT2D eigenvalue weighted by Crippen LogP contribution is -2.10. The van der Waals surface area contributed by atoms with Gasteiger partial charge in [0.05, 0.1) is 5.75 Å². The van der Waals surface area contributed by atoms with Gasteiger partial charge in [-0.05, 0) is 0 Å². The van der Waals surface area contributed by atoms with Crippen molar-refractivity contribution in [2.24, 2.45) is 0 Å². The number of aromatic nitrogens is 4. The molecule has 0 saturated carbocycles. The monoisotopic (exact) mass is 241 g/mol. The second-order valence-electron chi connectivity index (χ2n) is 2.87. The number of carboxylic acid groups (broad SMARTS) is 1. The van der Waals surface area contributed by atoms with Crippen LogP contribution in [0.1, 0.15) is 0 Å². The number of carbonyl (C=O) groups is 1. The third-order valence-corrected chi connectivity index (χ3v) is 2.55. The lowest BCUT2D eigenvalue weighted by molar-refractivity contribution is -0.133. The van der Waals surface area contributed by atoms with Gasteiger partial charge in [0.1, 0.15) is 0 Å². The quantitative estimate of drug-likeness (QED) is 0.526. The Kier molecular flexibility index (Phi) is 2.52. The summed E-state index contributed by atoms with van der Waals surface area (Å²) in [5, 5.41) is 8.80. The molecule has 0 amide bonds. The van der Waals surface area contributed by atoms with Crippen molar-refractivity contribution in [3.05, 3.63) is 10.4 Å². The largest absolute Gasteiger partial charge is 0.481 e. The molecular formula is C7H7N5O3S. The number of anilines is 1. The van der Waals surface area contributed by atoms with Crippen LogP contribution in [0.2, 0.25) is 0 Å². The fourth-order valence-corrected chi connectivity index (χ4v) is 1.69. The predicted octanol–water partition coefficient (Wildman–Crippen LogP) is -0.595.